The van der Waals surface area contributed by atoms with Crippen LogP contribution in [0.2, 0.25) is 10.0 Å². The van der Waals surface area contributed by atoms with Gasteiger partial charge in [0.15, 0.2) is 0 Å². The summed E-state index contributed by atoms with van der Waals surface area (Å²) in [7, 11) is 0. The van der Waals surface area contributed by atoms with Crippen LogP contribution in [-0.2, 0) is 0 Å². The average molecular weight is 373 g/mol. The largest absolute Gasteiger partial charge is 0.366 e. The quantitative estimate of drug-likeness (QED) is 0.700. The van der Waals surface area contributed by atoms with E-state index < -0.39 is 5.91 Å². The number of carbonyl (C=O) groups is 1. The third-order valence-corrected chi connectivity index (χ3v) is 4.60. The highest BCUT2D eigenvalue weighted by molar-refractivity contribution is 6.42. The second-order valence-electron chi connectivity index (χ2n) is 5.37. The molecule has 0 radical (unpaired) electrons. The van der Waals surface area contributed by atoms with Crippen LogP contribution in [0.3, 0.4) is 0 Å². The number of nitrogens with one attached hydrogen (secondary N) is 1. The molecule has 0 aliphatic rings. The van der Waals surface area contributed by atoms with Crippen LogP contribution in [0.25, 0.3) is 11.3 Å². The Hall–Kier alpha value is -2.63. The molecule has 0 spiro atoms. The van der Waals surface area contributed by atoms with Gasteiger partial charge in [-0.05, 0) is 48.9 Å². The zero-order valence-corrected chi connectivity index (χ0v) is 14.8. The maximum absolute atomic E-state index is 11.1. The molecule has 5 nitrogen and oxygen atoms in total. The standard InChI is InChI=1S/C18H14Cl2N4O/c1-10-13(6-7-14(19)16(10)20)15-8-9-22-18(24-15)23-12-4-2-11(3-5-12)17(21)25/h2-9H,1H3,(H2,21,25)(H,22,23,24). The summed E-state index contributed by atoms with van der Waals surface area (Å²) in [6.45, 7) is 1.89. The zero-order valence-electron chi connectivity index (χ0n) is 13.3. The number of hydrogen-bond donors (Lipinski definition) is 2. The van der Waals surface area contributed by atoms with Gasteiger partial charge in [-0.2, -0.15) is 0 Å². The van der Waals surface area contributed by atoms with Crippen LogP contribution in [0.4, 0.5) is 11.6 Å². The SMILES string of the molecule is Cc1c(-c2ccnc(Nc3ccc(C(N)=O)cc3)n2)ccc(Cl)c1Cl. The van der Waals surface area contributed by atoms with Crippen LogP contribution in [0, 0.1) is 6.92 Å². The minimum absolute atomic E-state index is 0.426. The summed E-state index contributed by atoms with van der Waals surface area (Å²) in [4.78, 5) is 19.8. The molecule has 3 N–H and O–H groups in total. The molecule has 1 aromatic heterocycles. The monoisotopic (exact) mass is 372 g/mol. The van der Waals surface area contributed by atoms with Gasteiger partial charge in [-0.1, -0.05) is 29.3 Å². The summed E-state index contributed by atoms with van der Waals surface area (Å²) in [5.74, 6) is -0.0466. The lowest BCUT2D eigenvalue weighted by Gasteiger charge is -2.10. The first kappa shape index (κ1) is 17.2. The van der Waals surface area contributed by atoms with Gasteiger partial charge in [0.1, 0.15) is 0 Å². The highest BCUT2D eigenvalue weighted by Gasteiger charge is 2.11. The van der Waals surface area contributed by atoms with Crippen molar-refractivity contribution in [2.75, 3.05) is 5.32 Å². The maximum atomic E-state index is 11.1. The second-order valence-corrected chi connectivity index (χ2v) is 6.15. The van der Waals surface area contributed by atoms with E-state index in [1.54, 1.807) is 42.6 Å². The Labute approximate surface area is 154 Å². The Bertz CT molecular complexity index is 942. The van der Waals surface area contributed by atoms with Crippen LogP contribution < -0.4 is 11.1 Å². The molecule has 1 heterocycles. The van der Waals surface area contributed by atoms with E-state index in [2.05, 4.69) is 15.3 Å². The fourth-order valence-corrected chi connectivity index (χ4v) is 2.71. The first-order chi connectivity index (χ1) is 12.0. The van der Waals surface area contributed by atoms with Gasteiger partial charge in [-0.15, -0.1) is 0 Å². The minimum Gasteiger partial charge on any atom is -0.366 e. The molecule has 0 saturated heterocycles. The van der Waals surface area contributed by atoms with Crippen molar-refractivity contribution >= 4 is 40.7 Å². The lowest BCUT2D eigenvalue weighted by molar-refractivity contribution is 0.100. The third kappa shape index (κ3) is 3.73. The number of primary amides is 1. The molecule has 25 heavy (non-hydrogen) atoms. The predicted molar refractivity (Wildman–Crippen MR) is 100 cm³/mol. The average Bonchev–Trinajstić information content (AvgIpc) is 2.60. The van der Waals surface area contributed by atoms with E-state index in [0.717, 1.165) is 22.5 Å². The van der Waals surface area contributed by atoms with E-state index >= 15 is 0 Å². The van der Waals surface area contributed by atoms with Gasteiger partial charge in [0.05, 0.1) is 15.7 Å². The molecule has 0 aliphatic carbocycles. The van der Waals surface area contributed by atoms with Crippen molar-refractivity contribution in [3.05, 3.63) is 69.8 Å². The number of halogens is 2. The number of carbonyl (C=O) groups excluding carboxylic acids is 1. The number of aromatic nitrogens is 2. The molecular weight excluding hydrogens is 359 g/mol. The molecule has 2 aromatic carbocycles. The number of benzene rings is 2. The summed E-state index contributed by atoms with van der Waals surface area (Å²) >= 11 is 12.3. The van der Waals surface area contributed by atoms with Crippen molar-refractivity contribution < 1.29 is 4.79 Å². The highest BCUT2D eigenvalue weighted by atomic mass is 35.5. The number of nitrogens with two attached hydrogens (primary N) is 1. The van der Waals surface area contributed by atoms with Crippen molar-refractivity contribution in [1.82, 2.24) is 9.97 Å². The lowest BCUT2D eigenvalue weighted by atomic mass is 10.1. The predicted octanol–water partition coefficient (Wildman–Crippen LogP) is 4.60. The second kappa shape index (κ2) is 7.09. The zero-order chi connectivity index (χ0) is 18.0. The third-order valence-electron chi connectivity index (χ3n) is 3.70. The molecule has 0 saturated carbocycles. The number of hydrogen-bond acceptors (Lipinski definition) is 4. The van der Waals surface area contributed by atoms with E-state index in [1.807, 2.05) is 13.0 Å². The summed E-state index contributed by atoms with van der Waals surface area (Å²) < 4.78 is 0. The first-order valence-corrected chi connectivity index (χ1v) is 8.16. The molecule has 0 unspecified atom stereocenters. The molecule has 3 aromatic rings. The van der Waals surface area contributed by atoms with Crippen LogP contribution in [0.5, 0.6) is 0 Å². The summed E-state index contributed by atoms with van der Waals surface area (Å²) in [6.07, 6.45) is 1.66. The van der Waals surface area contributed by atoms with Gasteiger partial charge < -0.3 is 11.1 Å². The Morgan fingerprint density at radius 3 is 2.48 bits per heavy atom. The summed E-state index contributed by atoms with van der Waals surface area (Å²) in [5.41, 5.74) is 8.87. The molecule has 7 heteroatoms. The van der Waals surface area contributed by atoms with E-state index in [1.165, 1.54) is 0 Å². The molecule has 1 amide bonds. The van der Waals surface area contributed by atoms with Gasteiger partial charge in [0, 0.05) is 23.0 Å². The number of rotatable bonds is 4. The minimum atomic E-state index is -0.472. The molecule has 126 valence electrons. The normalized spacial score (nSPS) is 10.5. The highest BCUT2D eigenvalue weighted by Crippen LogP contribution is 2.33. The van der Waals surface area contributed by atoms with Crippen molar-refractivity contribution in [3.63, 3.8) is 0 Å². The van der Waals surface area contributed by atoms with Gasteiger partial charge in [-0.25, -0.2) is 9.97 Å². The van der Waals surface area contributed by atoms with Crippen LogP contribution >= 0.6 is 23.2 Å². The van der Waals surface area contributed by atoms with Crippen molar-refractivity contribution in [2.45, 2.75) is 6.92 Å². The fourth-order valence-electron chi connectivity index (χ4n) is 2.35. The molecule has 0 fully saturated rings. The molecule has 0 atom stereocenters. The number of nitrogens with zero attached hydrogens (tertiary/aromatic N) is 2. The maximum Gasteiger partial charge on any atom is 0.248 e. The summed E-state index contributed by atoms with van der Waals surface area (Å²) in [6, 6.07) is 12.2. The van der Waals surface area contributed by atoms with Gasteiger partial charge in [-0.3, -0.25) is 4.79 Å². The van der Waals surface area contributed by atoms with Gasteiger partial charge >= 0.3 is 0 Å². The number of anilines is 2. The van der Waals surface area contributed by atoms with E-state index in [4.69, 9.17) is 28.9 Å². The smallest absolute Gasteiger partial charge is 0.248 e. The van der Waals surface area contributed by atoms with Crippen molar-refractivity contribution in [1.29, 1.82) is 0 Å². The van der Waals surface area contributed by atoms with Crippen LogP contribution in [0.1, 0.15) is 15.9 Å². The topological polar surface area (TPSA) is 80.9 Å². The molecular formula is C18H14Cl2N4O. The van der Waals surface area contributed by atoms with E-state index in [-0.39, 0.29) is 0 Å². The lowest BCUT2D eigenvalue weighted by Crippen LogP contribution is -2.10. The van der Waals surface area contributed by atoms with Crippen LogP contribution in [0.15, 0.2) is 48.7 Å². The number of amides is 1. The van der Waals surface area contributed by atoms with Gasteiger partial charge in [0.2, 0.25) is 11.9 Å². The summed E-state index contributed by atoms with van der Waals surface area (Å²) in [5, 5.41) is 4.11. The Kier molecular flexibility index (Phi) is 4.88. The Morgan fingerprint density at radius 2 is 1.80 bits per heavy atom. The van der Waals surface area contributed by atoms with E-state index in [9.17, 15) is 4.79 Å². The van der Waals surface area contributed by atoms with Crippen LogP contribution in [-0.4, -0.2) is 15.9 Å². The van der Waals surface area contributed by atoms with E-state index in [0.29, 0.717) is 21.6 Å². The molecule has 0 bridgehead atoms. The molecule has 0 aliphatic heterocycles. The van der Waals surface area contributed by atoms with Crippen molar-refractivity contribution in [3.8, 4) is 11.3 Å². The fraction of sp³-hybridized carbons (Fsp3) is 0.0556. The van der Waals surface area contributed by atoms with Gasteiger partial charge in [0.25, 0.3) is 0 Å². The van der Waals surface area contributed by atoms with Crippen molar-refractivity contribution in [2.24, 2.45) is 5.73 Å². The Balaban J connectivity index is 1.89. The first-order valence-electron chi connectivity index (χ1n) is 7.40. The Morgan fingerprint density at radius 1 is 1.08 bits per heavy atom. The molecule has 3 rings (SSSR count).